The van der Waals surface area contributed by atoms with Gasteiger partial charge in [-0.2, -0.15) is 0 Å². The Labute approximate surface area is 183 Å². The van der Waals surface area contributed by atoms with Gasteiger partial charge in [0.05, 0.1) is 17.8 Å². The highest BCUT2D eigenvalue weighted by atomic mass is 16.5. The molecule has 3 heterocycles. The standard InChI is InChI=1S/C24H34N4O3/c1-3-20-11-22(27-30-20)24-13-18(24)14-28(15-24)9-8-17-4-6-19(7-5-17)25-23(29)12-21-10-16(2)26-31-21/h10-11,17-19H,3-9,12-15H2,1-2H3,(H,25,29)/t17?,18-,19?,24-/m0/s1. The molecule has 1 saturated heterocycles. The summed E-state index contributed by atoms with van der Waals surface area (Å²) in [5, 5.41) is 11.4. The maximum absolute atomic E-state index is 12.3. The van der Waals surface area contributed by atoms with Crippen molar-refractivity contribution in [1.29, 1.82) is 0 Å². The van der Waals surface area contributed by atoms with Gasteiger partial charge in [0.25, 0.3) is 0 Å². The third-order valence-electron chi connectivity index (χ3n) is 7.71. The van der Waals surface area contributed by atoms with Crippen molar-refractivity contribution < 1.29 is 13.8 Å². The van der Waals surface area contributed by atoms with Gasteiger partial charge >= 0.3 is 0 Å². The largest absolute Gasteiger partial charge is 0.361 e. The van der Waals surface area contributed by atoms with E-state index in [0.717, 1.165) is 49.1 Å². The van der Waals surface area contributed by atoms with E-state index >= 15 is 0 Å². The van der Waals surface area contributed by atoms with Crippen LogP contribution in [-0.2, 0) is 23.1 Å². The number of piperidine rings is 1. The summed E-state index contributed by atoms with van der Waals surface area (Å²) in [5.74, 6) is 3.23. The molecule has 0 aromatic carbocycles. The normalized spacial score (nSPS) is 30.3. The predicted octanol–water partition coefficient (Wildman–Crippen LogP) is 3.41. The molecule has 1 aliphatic heterocycles. The maximum atomic E-state index is 12.3. The Hall–Kier alpha value is -2.15. The van der Waals surface area contributed by atoms with Crippen molar-refractivity contribution >= 4 is 5.91 Å². The summed E-state index contributed by atoms with van der Waals surface area (Å²) in [6, 6.07) is 4.31. The van der Waals surface area contributed by atoms with E-state index in [-0.39, 0.29) is 17.7 Å². The molecule has 168 valence electrons. The van der Waals surface area contributed by atoms with E-state index in [1.165, 1.54) is 44.5 Å². The number of nitrogens with one attached hydrogen (secondary N) is 1. The fourth-order valence-corrected chi connectivity index (χ4v) is 5.77. The van der Waals surface area contributed by atoms with Crippen LogP contribution in [-0.4, -0.2) is 46.8 Å². The lowest BCUT2D eigenvalue weighted by Crippen LogP contribution is -2.39. The van der Waals surface area contributed by atoms with Gasteiger partial charge in [0.15, 0.2) is 0 Å². The molecule has 3 aliphatic rings. The van der Waals surface area contributed by atoms with Gasteiger partial charge in [-0.3, -0.25) is 4.79 Å². The SMILES string of the molecule is CCc1cc([C@]23C[C@H]2CN(CCC2CCC(NC(=O)Cc4cc(C)no4)CC2)C3)no1. The molecule has 2 atom stereocenters. The molecule has 2 aromatic heterocycles. The highest BCUT2D eigenvalue weighted by Crippen LogP contribution is 2.58. The van der Waals surface area contributed by atoms with E-state index in [1.807, 2.05) is 13.0 Å². The lowest BCUT2D eigenvalue weighted by atomic mass is 9.84. The second-order valence-electron chi connectivity index (χ2n) is 10.0. The molecule has 31 heavy (non-hydrogen) atoms. The van der Waals surface area contributed by atoms with E-state index in [9.17, 15) is 4.79 Å². The van der Waals surface area contributed by atoms with Gasteiger partial charge in [-0.05, 0) is 63.8 Å². The van der Waals surface area contributed by atoms with Crippen LogP contribution in [0.4, 0.5) is 0 Å². The first-order valence-electron chi connectivity index (χ1n) is 11.9. The van der Waals surface area contributed by atoms with Crippen molar-refractivity contribution in [3.63, 3.8) is 0 Å². The quantitative estimate of drug-likeness (QED) is 0.696. The Morgan fingerprint density at radius 3 is 2.71 bits per heavy atom. The molecular weight excluding hydrogens is 392 g/mol. The second-order valence-corrected chi connectivity index (χ2v) is 10.0. The number of aryl methyl sites for hydroxylation is 2. The Bertz CT molecular complexity index is 914. The first-order valence-corrected chi connectivity index (χ1v) is 11.9. The first-order chi connectivity index (χ1) is 15.0. The highest BCUT2D eigenvalue weighted by Gasteiger charge is 2.62. The fraction of sp³-hybridized carbons (Fsp3) is 0.708. The average Bonchev–Trinajstić information content (AvgIpc) is 3.17. The van der Waals surface area contributed by atoms with Gasteiger partial charge in [-0.25, -0.2) is 0 Å². The molecule has 0 radical (unpaired) electrons. The van der Waals surface area contributed by atoms with Gasteiger partial charge in [0.2, 0.25) is 5.91 Å². The van der Waals surface area contributed by atoms with Crippen LogP contribution < -0.4 is 5.32 Å². The predicted molar refractivity (Wildman–Crippen MR) is 116 cm³/mol. The molecule has 2 aliphatic carbocycles. The van der Waals surface area contributed by atoms with E-state index in [4.69, 9.17) is 9.05 Å². The third-order valence-corrected chi connectivity index (χ3v) is 7.71. The number of nitrogens with zero attached hydrogens (tertiary/aromatic N) is 3. The van der Waals surface area contributed by atoms with E-state index < -0.39 is 0 Å². The van der Waals surface area contributed by atoms with Crippen LogP contribution in [0.5, 0.6) is 0 Å². The zero-order chi connectivity index (χ0) is 21.4. The summed E-state index contributed by atoms with van der Waals surface area (Å²) in [6.45, 7) is 7.52. The Morgan fingerprint density at radius 1 is 1.19 bits per heavy atom. The number of carbonyl (C=O) groups excluding carboxylic acids is 1. The van der Waals surface area contributed by atoms with E-state index in [2.05, 4.69) is 33.5 Å². The van der Waals surface area contributed by atoms with Crippen LogP contribution in [0.25, 0.3) is 0 Å². The van der Waals surface area contributed by atoms with Crippen molar-refractivity contribution in [2.45, 2.75) is 76.7 Å². The van der Waals surface area contributed by atoms with Crippen LogP contribution in [0.3, 0.4) is 0 Å². The minimum Gasteiger partial charge on any atom is -0.361 e. The molecule has 2 aromatic rings. The molecule has 5 rings (SSSR count). The Balaban J connectivity index is 1.02. The van der Waals surface area contributed by atoms with Crippen molar-refractivity contribution in [2.24, 2.45) is 11.8 Å². The summed E-state index contributed by atoms with van der Waals surface area (Å²) in [7, 11) is 0. The minimum absolute atomic E-state index is 0.0419. The summed E-state index contributed by atoms with van der Waals surface area (Å²) >= 11 is 0. The Kier molecular flexibility index (Phi) is 5.63. The monoisotopic (exact) mass is 426 g/mol. The Morgan fingerprint density at radius 2 is 2.00 bits per heavy atom. The number of likely N-dealkylation sites (tertiary alicyclic amines) is 1. The summed E-state index contributed by atoms with van der Waals surface area (Å²) in [4.78, 5) is 14.9. The second kappa shape index (κ2) is 8.41. The van der Waals surface area contributed by atoms with Gasteiger partial charge in [0.1, 0.15) is 11.5 Å². The zero-order valence-electron chi connectivity index (χ0n) is 18.7. The number of rotatable bonds is 8. The highest BCUT2D eigenvalue weighted by molar-refractivity contribution is 5.78. The van der Waals surface area contributed by atoms with Crippen LogP contribution in [0.2, 0.25) is 0 Å². The number of aromatic nitrogens is 2. The van der Waals surface area contributed by atoms with Crippen molar-refractivity contribution in [1.82, 2.24) is 20.5 Å². The molecule has 0 spiro atoms. The molecule has 2 saturated carbocycles. The van der Waals surface area contributed by atoms with Crippen molar-refractivity contribution in [3.8, 4) is 0 Å². The lowest BCUT2D eigenvalue weighted by Gasteiger charge is -2.30. The molecule has 0 unspecified atom stereocenters. The van der Waals surface area contributed by atoms with E-state index in [1.54, 1.807) is 0 Å². The summed E-state index contributed by atoms with van der Waals surface area (Å²) in [5.41, 5.74) is 2.28. The van der Waals surface area contributed by atoms with Crippen molar-refractivity contribution in [3.05, 3.63) is 35.0 Å². The van der Waals surface area contributed by atoms with Gasteiger partial charge in [-0.15, -0.1) is 0 Å². The van der Waals surface area contributed by atoms with Crippen LogP contribution in [0.1, 0.15) is 68.4 Å². The van der Waals surface area contributed by atoms with Crippen LogP contribution in [0.15, 0.2) is 21.2 Å². The number of hydrogen-bond acceptors (Lipinski definition) is 6. The van der Waals surface area contributed by atoms with Gasteiger partial charge in [-0.1, -0.05) is 17.2 Å². The molecule has 1 amide bonds. The van der Waals surface area contributed by atoms with E-state index in [0.29, 0.717) is 11.8 Å². The number of fused-ring (bicyclic) bond motifs is 1. The zero-order valence-corrected chi connectivity index (χ0v) is 18.7. The summed E-state index contributed by atoms with van der Waals surface area (Å²) < 4.78 is 10.6. The fourth-order valence-electron chi connectivity index (χ4n) is 5.77. The molecule has 1 N–H and O–H groups in total. The third kappa shape index (κ3) is 4.43. The number of carbonyl (C=O) groups is 1. The van der Waals surface area contributed by atoms with Crippen LogP contribution >= 0.6 is 0 Å². The topological polar surface area (TPSA) is 84.4 Å². The summed E-state index contributed by atoms with van der Waals surface area (Å²) in [6.07, 6.45) is 8.31. The maximum Gasteiger partial charge on any atom is 0.227 e. The molecular formula is C24H34N4O3. The molecule has 0 bridgehead atoms. The number of amides is 1. The molecule has 3 fully saturated rings. The smallest absolute Gasteiger partial charge is 0.227 e. The van der Waals surface area contributed by atoms with Crippen molar-refractivity contribution in [2.75, 3.05) is 19.6 Å². The van der Waals surface area contributed by atoms with Gasteiger partial charge < -0.3 is 19.3 Å². The molecule has 7 nitrogen and oxygen atoms in total. The lowest BCUT2D eigenvalue weighted by molar-refractivity contribution is -0.121. The van der Waals surface area contributed by atoms with Crippen LogP contribution in [0, 0.1) is 18.8 Å². The minimum atomic E-state index is 0.0419. The average molecular weight is 427 g/mol. The van der Waals surface area contributed by atoms with Gasteiger partial charge in [0, 0.05) is 43.1 Å². The number of hydrogen-bond donors (Lipinski definition) is 1. The first kappa shape index (κ1) is 20.7. The molecule has 7 heteroatoms.